The Morgan fingerprint density at radius 1 is 1.33 bits per heavy atom. The van der Waals surface area contributed by atoms with Gasteiger partial charge in [-0.2, -0.15) is 0 Å². The molecule has 3 nitrogen and oxygen atoms in total. The van der Waals surface area contributed by atoms with Crippen molar-refractivity contribution in [3.8, 4) is 0 Å². The molecule has 1 aromatic rings. The van der Waals surface area contributed by atoms with E-state index in [0.717, 1.165) is 10.0 Å². The lowest BCUT2D eigenvalue weighted by atomic mass is 10.1. The summed E-state index contributed by atoms with van der Waals surface area (Å²) in [6, 6.07) is 0. The third-order valence-electron chi connectivity index (χ3n) is 1.49. The molecule has 2 N–H and O–H groups in total. The van der Waals surface area contributed by atoms with Crippen LogP contribution in [0.25, 0.3) is 0 Å². The number of hydrogen-bond acceptors (Lipinski definition) is 4. The van der Waals surface area contributed by atoms with Crippen LogP contribution in [0.1, 0.15) is 43.6 Å². The number of rotatable bonds is 2. The fourth-order valence-electron chi connectivity index (χ4n) is 0.728. The third kappa shape index (κ3) is 2.01. The summed E-state index contributed by atoms with van der Waals surface area (Å²) in [7, 11) is 0. The van der Waals surface area contributed by atoms with Gasteiger partial charge in [-0.05, 0) is 13.8 Å². The predicted molar refractivity (Wildman–Crippen MR) is 51.2 cm³/mol. The minimum absolute atomic E-state index is 0.356. The van der Waals surface area contributed by atoms with E-state index in [2.05, 4.69) is 24.0 Å². The molecule has 0 unspecified atom stereocenters. The summed E-state index contributed by atoms with van der Waals surface area (Å²) in [6.45, 7) is 8.09. The molecule has 0 bridgehead atoms. The number of nitrogens with two attached hydrogens (primary N) is 1. The van der Waals surface area contributed by atoms with Crippen molar-refractivity contribution >= 4 is 11.3 Å². The first-order valence-corrected chi connectivity index (χ1v) is 4.85. The first kappa shape index (κ1) is 9.61. The maximum atomic E-state index is 5.88. The molecule has 68 valence electrons. The molecule has 0 amide bonds. The molecule has 1 heterocycles. The number of nitrogens with zero attached hydrogens (tertiary/aromatic N) is 2. The van der Waals surface area contributed by atoms with Gasteiger partial charge in [-0.1, -0.05) is 25.2 Å². The topological polar surface area (TPSA) is 51.8 Å². The summed E-state index contributed by atoms with van der Waals surface area (Å²) in [4.78, 5) is 0. The highest BCUT2D eigenvalue weighted by Gasteiger charge is 2.20. The van der Waals surface area contributed by atoms with Gasteiger partial charge in [0, 0.05) is 5.92 Å². The standard InChI is InChI=1S/C8H15N3S/c1-5(2)6-10-11-7(12-6)8(3,4)9/h5H,9H2,1-4H3. The molecule has 0 saturated heterocycles. The quantitative estimate of drug-likeness (QED) is 0.765. The van der Waals surface area contributed by atoms with Crippen molar-refractivity contribution in [2.24, 2.45) is 5.73 Å². The summed E-state index contributed by atoms with van der Waals surface area (Å²) < 4.78 is 0. The van der Waals surface area contributed by atoms with E-state index in [0.29, 0.717) is 5.92 Å². The summed E-state index contributed by atoms with van der Waals surface area (Å²) >= 11 is 1.60. The molecule has 0 radical (unpaired) electrons. The minimum Gasteiger partial charge on any atom is -0.320 e. The van der Waals surface area contributed by atoms with E-state index in [1.54, 1.807) is 11.3 Å². The van der Waals surface area contributed by atoms with Gasteiger partial charge in [-0.15, -0.1) is 10.2 Å². The van der Waals surface area contributed by atoms with Gasteiger partial charge >= 0.3 is 0 Å². The molecule has 0 aromatic carbocycles. The molecule has 12 heavy (non-hydrogen) atoms. The molecule has 0 atom stereocenters. The molecule has 1 aromatic heterocycles. The van der Waals surface area contributed by atoms with E-state index < -0.39 is 0 Å². The monoisotopic (exact) mass is 185 g/mol. The average molecular weight is 185 g/mol. The van der Waals surface area contributed by atoms with Crippen molar-refractivity contribution in [1.82, 2.24) is 10.2 Å². The lowest BCUT2D eigenvalue weighted by molar-refractivity contribution is 0.543. The largest absolute Gasteiger partial charge is 0.320 e. The van der Waals surface area contributed by atoms with E-state index in [1.807, 2.05) is 13.8 Å². The van der Waals surface area contributed by atoms with Gasteiger partial charge in [0.2, 0.25) is 0 Å². The molecule has 0 saturated carbocycles. The molecular formula is C8H15N3S. The van der Waals surface area contributed by atoms with E-state index >= 15 is 0 Å². The maximum Gasteiger partial charge on any atom is 0.136 e. The van der Waals surface area contributed by atoms with Gasteiger partial charge in [-0.3, -0.25) is 0 Å². The Balaban J connectivity index is 2.92. The van der Waals surface area contributed by atoms with Crippen LogP contribution in [0.3, 0.4) is 0 Å². The van der Waals surface area contributed by atoms with Crippen LogP contribution in [-0.4, -0.2) is 10.2 Å². The van der Waals surface area contributed by atoms with Crippen molar-refractivity contribution in [2.75, 3.05) is 0 Å². The second-order valence-corrected chi connectivity index (χ2v) is 4.83. The average Bonchev–Trinajstić information content (AvgIpc) is 2.30. The third-order valence-corrected chi connectivity index (χ3v) is 3.05. The fraction of sp³-hybridized carbons (Fsp3) is 0.750. The van der Waals surface area contributed by atoms with E-state index in [4.69, 9.17) is 5.73 Å². The van der Waals surface area contributed by atoms with Crippen molar-refractivity contribution in [2.45, 2.75) is 39.2 Å². The Morgan fingerprint density at radius 2 is 1.92 bits per heavy atom. The molecule has 0 spiro atoms. The van der Waals surface area contributed by atoms with E-state index in [-0.39, 0.29) is 5.54 Å². The molecule has 0 fully saturated rings. The zero-order valence-electron chi connectivity index (χ0n) is 7.96. The normalized spacial score (nSPS) is 12.5. The van der Waals surface area contributed by atoms with Crippen LogP contribution in [0, 0.1) is 0 Å². The molecular weight excluding hydrogens is 170 g/mol. The van der Waals surface area contributed by atoms with Crippen LogP contribution in [0.4, 0.5) is 0 Å². The highest BCUT2D eigenvalue weighted by molar-refractivity contribution is 7.11. The van der Waals surface area contributed by atoms with Crippen molar-refractivity contribution in [1.29, 1.82) is 0 Å². The van der Waals surface area contributed by atoms with Crippen LogP contribution in [0.2, 0.25) is 0 Å². The highest BCUT2D eigenvalue weighted by Crippen LogP contribution is 2.25. The van der Waals surface area contributed by atoms with Crippen LogP contribution < -0.4 is 5.73 Å². The summed E-state index contributed by atoms with van der Waals surface area (Å²) in [5, 5.41) is 10.1. The van der Waals surface area contributed by atoms with Gasteiger partial charge < -0.3 is 5.73 Å². The van der Waals surface area contributed by atoms with Crippen molar-refractivity contribution in [3.63, 3.8) is 0 Å². The lowest BCUT2D eigenvalue weighted by Crippen LogP contribution is -2.28. The van der Waals surface area contributed by atoms with Crippen LogP contribution in [-0.2, 0) is 5.54 Å². The SMILES string of the molecule is CC(C)c1nnc(C(C)(C)N)s1. The second-order valence-electron chi connectivity index (χ2n) is 3.82. The summed E-state index contributed by atoms with van der Waals surface area (Å²) in [5.74, 6) is 0.443. The van der Waals surface area contributed by atoms with E-state index in [9.17, 15) is 0 Å². The summed E-state index contributed by atoms with van der Waals surface area (Å²) in [5.41, 5.74) is 5.52. The lowest BCUT2D eigenvalue weighted by Gasteiger charge is -2.12. The highest BCUT2D eigenvalue weighted by atomic mass is 32.1. The predicted octanol–water partition coefficient (Wildman–Crippen LogP) is 1.86. The van der Waals surface area contributed by atoms with E-state index in [1.165, 1.54) is 0 Å². The van der Waals surface area contributed by atoms with Crippen LogP contribution in [0.15, 0.2) is 0 Å². The van der Waals surface area contributed by atoms with Crippen molar-refractivity contribution in [3.05, 3.63) is 10.0 Å². The van der Waals surface area contributed by atoms with Crippen LogP contribution in [0.5, 0.6) is 0 Å². The van der Waals surface area contributed by atoms with Gasteiger partial charge in [0.15, 0.2) is 0 Å². The number of aromatic nitrogens is 2. The zero-order chi connectivity index (χ0) is 9.35. The number of hydrogen-bond donors (Lipinski definition) is 1. The Hall–Kier alpha value is -0.480. The zero-order valence-corrected chi connectivity index (χ0v) is 8.77. The second kappa shape index (κ2) is 3.11. The molecule has 1 rings (SSSR count). The van der Waals surface area contributed by atoms with Crippen molar-refractivity contribution < 1.29 is 0 Å². The smallest absolute Gasteiger partial charge is 0.136 e. The Kier molecular flexibility index (Phi) is 2.49. The van der Waals surface area contributed by atoms with Gasteiger partial charge in [0.1, 0.15) is 10.0 Å². The Morgan fingerprint density at radius 3 is 2.17 bits per heavy atom. The molecule has 4 heteroatoms. The van der Waals surface area contributed by atoms with Crippen LogP contribution >= 0.6 is 11.3 Å². The summed E-state index contributed by atoms with van der Waals surface area (Å²) in [6.07, 6.45) is 0. The Bertz CT molecular complexity index is 260. The maximum absolute atomic E-state index is 5.88. The minimum atomic E-state index is -0.356. The first-order chi connectivity index (χ1) is 5.41. The Labute approximate surface area is 77.0 Å². The molecule has 0 aliphatic rings. The fourth-order valence-corrected chi connectivity index (χ4v) is 1.59. The molecule has 0 aliphatic carbocycles. The first-order valence-electron chi connectivity index (χ1n) is 4.04. The molecule has 0 aliphatic heterocycles. The van der Waals surface area contributed by atoms with Gasteiger partial charge in [-0.25, -0.2) is 0 Å². The van der Waals surface area contributed by atoms with Gasteiger partial charge in [0.05, 0.1) is 5.54 Å². The van der Waals surface area contributed by atoms with Gasteiger partial charge in [0.25, 0.3) is 0 Å².